The summed E-state index contributed by atoms with van der Waals surface area (Å²) in [5, 5.41) is 5.24. The Bertz CT molecular complexity index is 823. The van der Waals surface area contributed by atoms with Crippen molar-refractivity contribution in [2.45, 2.75) is 31.1 Å². The SMILES string of the molecule is Cl.NC1(C(=O)NCc2ccc(Nc3ccc(F)cc3C(F)(F)F)cn2)CC1. The quantitative estimate of drug-likeness (QED) is 0.666. The maximum Gasteiger partial charge on any atom is 0.418 e. The number of carbonyl (C=O) groups excluding carboxylic acids is 1. The molecule has 1 aliphatic carbocycles. The molecule has 1 fully saturated rings. The minimum atomic E-state index is -4.69. The van der Waals surface area contributed by atoms with Crippen molar-refractivity contribution in [3.8, 4) is 0 Å². The van der Waals surface area contributed by atoms with Gasteiger partial charge in [-0.2, -0.15) is 13.2 Å². The van der Waals surface area contributed by atoms with Crippen molar-refractivity contribution in [1.29, 1.82) is 0 Å². The molecule has 1 saturated carbocycles. The van der Waals surface area contributed by atoms with Crippen molar-refractivity contribution >= 4 is 29.7 Å². The van der Waals surface area contributed by atoms with Gasteiger partial charge in [0.1, 0.15) is 5.82 Å². The first-order valence-corrected chi connectivity index (χ1v) is 7.83. The van der Waals surface area contributed by atoms with Gasteiger partial charge < -0.3 is 16.4 Å². The summed E-state index contributed by atoms with van der Waals surface area (Å²) in [6.45, 7) is 0.169. The number of carbonyl (C=O) groups is 1. The lowest BCUT2D eigenvalue weighted by Gasteiger charge is -2.15. The van der Waals surface area contributed by atoms with Gasteiger partial charge in [0, 0.05) is 0 Å². The van der Waals surface area contributed by atoms with Crippen LogP contribution in [0.4, 0.5) is 28.9 Å². The molecule has 0 spiro atoms. The van der Waals surface area contributed by atoms with Gasteiger partial charge in [-0.15, -0.1) is 12.4 Å². The summed E-state index contributed by atoms with van der Waals surface area (Å²) in [5.74, 6) is -1.22. The Morgan fingerprint density at radius 2 is 1.93 bits per heavy atom. The predicted molar refractivity (Wildman–Crippen MR) is 94.2 cm³/mol. The lowest BCUT2D eigenvalue weighted by atomic mass is 10.1. The highest BCUT2D eigenvalue weighted by molar-refractivity contribution is 5.88. The van der Waals surface area contributed by atoms with Gasteiger partial charge in [-0.05, 0) is 43.2 Å². The van der Waals surface area contributed by atoms with Crippen LogP contribution in [0.2, 0.25) is 0 Å². The fourth-order valence-electron chi connectivity index (χ4n) is 2.33. The monoisotopic (exact) mass is 404 g/mol. The number of hydrogen-bond donors (Lipinski definition) is 3. The number of amides is 1. The molecule has 0 saturated heterocycles. The van der Waals surface area contributed by atoms with Crippen molar-refractivity contribution in [3.05, 3.63) is 53.6 Å². The molecular weight excluding hydrogens is 388 g/mol. The van der Waals surface area contributed by atoms with Crippen molar-refractivity contribution in [1.82, 2.24) is 10.3 Å². The van der Waals surface area contributed by atoms with Gasteiger partial charge in [-0.3, -0.25) is 9.78 Å². The van der Waals surface area contributed by atoms with Gasteiger partial charge >= 0.3 is 6.18 Å². The molecule has 0 unspecified atom stereocenters. The first-order valence-electron chi connectivity index (χ1n) is 7.83. The molecule has 0 radical (unpaired) electrons. The summed E-state index contributed by atoms with van der Waals surface area (Å²) in [6.07, 6.45) is -2.06. The lowest BCUT2D eigenvalue weighted by molar-refractivity contribution is -0.137. The first-order chi connectivity index (χ1) is 12.2. The van der Waals surface area contributed by atoms with Crippen LogP contribution in [0.1, 0.15) is 24.1 Å². The fourth-order valence-corrected chi connectivity index (χ4v) is 2.33. The Labute approximate surface area is 158 Å². The second-order valence-corrected chi connectivity index (χ2v) is 6.19. The number of aromatic nitrogens is 1. The van der Waals surface area contributed by atoms with E-state index in [1.165, 1.54) is 12.3 Å². The highest BCUT2D eigenvalue weighted by atomic mass is 35.5. The third-order valence-electron chi connectivity index (χ3n) is 4.06. The number of halogens is 5. The number of rotatable bonds is 5. The van der Waals surface area contributed by atoms with E-state index in [2.05, 4.69) is 15.6 Å². The number of nitrogens with two attached hydrogens (primary N) is 1. The van der Waals surface area contributed by atoms with E-state index in [4.69, 9.17) is 5.73 Å². The molecule has 146 valence electrons. The molecule has 1 aromatic carbocycles. The van der Waals surface area contributed by atoms with E-state index in [-0.39, 0.29) is 30.5 Å². The Balaban J connectivity index is 0.00000261. The lowest BCUT2D eigenvalue weighted by Crippen LogP contribution is -2.42. The number of benzene rings is 1. The summed E-state index contributed by atoms with van der Waals surface area (Å²) in [7, 11) is 0. The van der Waals surface area contributed by atoms with Gasteiger partial charge in [0.15, 0.2) is 0 Å². The molecule has 0 atom stereocenters. The summed E-state index contributed by atoms with van der Waals surface area (Å²) in [6, 6.07) is 5.47. The van der Waals surface area contributed by atoms with Crippen LogP contribution in [0.15, 0.2) is 36.5 Å². The largest absolute Gasteiger partial charge is 0.418 e. The van der Waals surface area contributed by atoms with Gasteiger partial charge in [0.05, 0.1) is 40.9 Å². The van der Waals surface area contributed by atoms with E-state index in [1.54, 1.807) is 6.07 Å². The molecule has 1 amide bonds. The summed E-state index contributed by atoms with van der Waals surface area (Å²) >= 11 is 0. The number of hydrogen-bond acceptors (Lipinski definition) is 4. The van der Waals surface area contributed by atoms with Crippen molar-refractivity contribution in [3.63, 3.8) is 0 Å². The summed E-state index contributed by atoms with van der Waals surface area (Å²) in [4.78, 5) is 15.8. The predicted octanol–water partition coefficient (Wildman–Crippen LogP) is 3.51. The topological polar surface area (TPSA) is 80.0 Å². The van der Waals surface area contributed by atoms with Crippen LogP contribution in [0.25, 0.3) is 0 Å². The van der Waals surface area contributed by atoms with Gasteiger partial charge in [0.2, 0.25) is 5.91 Å². The number of pyridine rings is 1. The Morgan fingerprint density at radius 3 is 2.48 bits per heavy atom. The fraction of sp³-hybridized carbons (Fsp3) is 0.294. The van der Waals surface area contributed by atoms with E-state index in [0.717, 1.165) is 12.1 Å². The van der Waals surface area contributed by atoms with E-state index >= 15 is 0 Å². The number of nitrogens with one attached hydrogen (secondary N) is 2. The highest BCUT2D eigenvalue weighted by Gasteiger charge is 2.45. The van der Waals surface area contributed by atoms with Crippen LogP contribution in [0.3, 0.4) is 0 Å². The third kappa shape index (κ3) is 5.08. The number of nitrogens with zero attached hydrogens (tertiary/aromatic N) is 1. The molecule has 3 rings (SSSR count). The molecule has 27 heavy (non-hydrogen) atoms. The van der Waals surface area contributed by atoms with Crippen LogP contribution >= 0.6 is 12.4 Å². The molecule has 0 aliphatic heterocycles. The molecule has 10 heteroatoms. The summed E-state index contributed by atoms with van der Waals surface area (Å²) in [5.41, 5.74) is 4.43. The molecule has 4 N–H and O–H groups in total. The third-order valence-corrected chi connectivity index (χ3v) is 4.06. The zero-order chi connectivity index (χ0) is 18.9. The van der Waals surface area contributed by atoms with Crippen molar-refractivity contribution in [2.24, 2.45) is 5.73 Å². The van der Waals surface area contributed by atoms with E-state index < -0.39 is 23.1 Å². The molecule has 0 bridgehead atoms. The van der Waals surface area contributed by atoms with Crippen LogP contribution in [-0.2, 0) is 17.5 Å². The van der Waals surface area contributed by atoms with Crippen LogP contribution < -0.4 is 16.4 Å². The highest BCUT2D eigenvalue weighted by Crippen LogP contribution is 2.36. The second kappa shape index (κ2) is 7.69. The zero-order valence-electron chi connectivity index (χ0n) is 13.9. The van der Waals surface area contributed by atoms with E-state index in [1.807, 2.05) is 0 Å². The van der Waals surface area contributed by atoms with Crippen LogP contribution in [0.5, 0.6) is 0 Å². The molecule has 1 aliphatic rings. The normalized spacial score (nSPS) is 14.9. The van der Waals surface area contributed by atoms with Crippen LogP contribution in [-0.4, -0.2) is 16.4 Å². The smallest absolute Gasteiger partial charge is 0.354 e. The van der Waals surface area contributed by atoms with Crippen molar-refractivity contribution in [2.75, 3.05) is 5.32 Å². The molecular formula is C17H17ClF4N4O. The molecule has 1 aromatic heterocycles. The minimum absolute atomic E-state index is 0. The average Bonchev–Trinajstić information content (AvgIpc) is 3.33. The van der Waals surface area contributed by atoms with E-state index in [0.29, 0.717) is 30.3 Å². The average molecular weight is 405 g/mol. The van der Waals surface area contributed by atoms with Gasteiger partial charge in [-0.1, -0.05) is 0 Å². The summed E-state index contributed by atoms with van der Waals surface area (Å²) < 4.78 is 52.1. The second-order valence-electron chi connectivity index (χ2n) is 6.19. The Morgan fingerprint density at radius 1 is 1.22 bits per heavy atom. The van der Waals surface area contributed by atoms with Crippen molar-refractivity contribution < 1.29 is 22.4 Å². The van der Waals surface area contributed by atoms with Gasteiger partial charge in [-0.25, -0.2) is 4.39 Å². The number of anilines is 2. The molecule has 2 aromatic rings. The maximum atomic E-state index is 13.1. The molecule has 5 nitrogen and oxygen atoms in total. The maximum absolute atomic E-state index is 13.1. The zero-order valence-corrected chi connectivity index (χ0v) is 14.8. The Kier molecular flexibility index (Phi) is 5.96. The van der Waals surface area contributed by atoms with Crippen LogP contribution in [0, 0.1) is 5.82 Å². The standard InChI is InChI=1S/C17H16F4N4O.ClH/c18-10-1-4-14(13(7-10)17(19,20)21)25-12-3-2-11(23-9-12)8-24-15(26)16(22)5-6-16;/h1-4,7,9,25H,5-6,8,22H2,(H,24,26);1H. The minimum Gasteiger partial charge on any atom is -0.354 e. The number of alkyl halides is 3. The first kappa shape index (κ1) is 20.9. The van der Waals surface area contributed by atoms with Gasteiger partial charge in [0.25, 0.3) is 0 Å². The molecule has 1 heterocycles. The Hall–Kier alpha value is -2.39. The van der Waals surface area contributed by atoms with E-state index in [9.17, 15) is 22.4 Å².